The lowest BCUT2D eigenvalue weighted by molar-refractivity contribution is -0.250. The van der Waals surface area contributed by atoms with Crippen LogP contribution in [-0.4, -0.2) is 106 Å². The maximum Gasteiger partial charge on any atom is 0.342 e. The van der Waals surface area contributed by atoms with E-state index in [1.807, 2.05) is 0 Å². The molecule has 234 valence electrons. The lowest BCUT2D eigenvalue weighted by atomic mass is 9.94. The van der Waals surface area contributed by atoms with Gasteiger partial charge in [0.25, 0.3) is 0 Å². The summed E-state index contributed by atoms with van der Waals surface area (Å²) in [6.07, 6.45) is -6.67. The molecule has 1 heterocycles. The first-order valence-corrected chi connectivity index (χ1v) is 12.3. The zero-order chi connectivity index (χ0) is 32.6. The average molecular weight is 620 g/mol. The van der Waals surface area contributed by atoms with E-state index in [-0.39, 0.29) is 6.29 Å². The molecule has 17 nitrogen and oxygen atoms in total. The molecule has 0 spiro atoms. The van der Waals surface area contributed by atoms with Crippen LogP contribution in [-0.2, 0) is 14.2 Å². The summed E-state index contributed by atoms with van der Waals surface area (Å²) in [5, 5.41) is 110. The van der Waals surface area contributed by atoms with Crippen molar-refractivity contribution in [1.82, 2.24) is 0 Å². The second kappa shape index (κ2) is 11.9. The first-order chi connectivity index (χ1) is 20.7. The van der Waals surface area contributed by atoms with Gasteiger partial charge in [-0.25, -0.2) is 9.59 Å². The van der Waals surface area contributed by atoms with Gasteiger partial charge in [0.2, 0.25) is 17.8 Å². The van der Waals surface area contributed by atoms with Gasteiger partial charge >= 0.3 is 11.9 Å². The van der Waals surface area contributed by atoms with E-state index >= 15 is 0 Å². The first-order valence-electron chi connectivity index (χ1n) is 12.3. The van der Waals surface area contributed by atoms with E-state index in [4.69, 9.17) is 14.2 Å². The molecule has 1 saturated heterocycles. The van der Waals surface area contributed by atoms with Crippen molar-refractivity contribution in [2.75, 3.05) is 6.61 Å². The molecular weight excluding hydrogens is 596 g/mol. The molecule has 3 aromatic rings. The number of aliphatic hydroxyl groups excluding tert-OH is 2. The van der Waals surface area contributed by atoms with Crippen molar-refractivity contribution in [2.45, 2.75) is 31.0 Å². The minimum Gasteiger partial charge on any atom is -0.504 e. The zero-order valence-electron chi connectivity index (χ0n) is 22.0. The number of hydrogen-bond donors (Lipinski definition) is 11. The molecule has 0 radical (unpaired) electrons. The van der Waals surface area contributed by atoms with Gasteiger partial charge < -0.3 is 70.4 Å². The highest BCUT2D eigenvalue weighted by molar-refractivity contribution is 6.01. The van der Waals surface area contributed by atoms with E-state index in [0.717, 1.165) is 12.1 Å². The molecule has 0 aromatic heterocycles. The Kier molecular flexibility index (Phi) is 8.48. The first kappa shape index (κ1) is 31.3. The van der Waals surface area contributed by atoms with Crippen LogP contribution < -0.4 is 0 Å². The maximum absolute atomic E-state index is 12.9. The van der Waals surface area contributed by atoms with Crippen LogP contribution in [0.3, 0.4) is 0 Å². The molecule has 0 saturated carbocycles. The normalized spacial score (nSPS) is 19.7. The monoisotopic (exact) mass is 620 g/mol. The maximum atomic E-state index is 12.9. The fourth-order valence-corrected chi connectivity index (χ4v) is 4.29. The van der Waals surface area contributed by atoms with Crippen LogP contribution in [0.15, 0.2) is 24.3 Å². The number of phenols is 9. The molecule has 0 unspecified atom stereocenters. The SMILES string of the molecule is O=Cc1cc(O)c(O)c(O)c1-c1cc(C(=O)OC[C@H]2O[C@H](OC(=O)c3cc(O)c(O)c(O)c3)[C@H](O)C[C@@H]2O)c(O)c(O)c1O. The third-order valence-electron chi connectivity index (χ3n) is 6.59. The van der Waals surface area contributed by atoms with Crippen molar-refractivity contribution in [3.05, 3.63) is 41.0 Å². The van der Waals surface area contributed by atoms with Gasteiger partial charge in [0.15, 0.2) is 46.5 Å². The van der Waals surface area contributed by atoms with Crippen molar-refractivity contribution >= 4 is 18.2 Å². The van der Waals surface area contributed by atoms with Crippen LogP contribution in [0, 0.1) is 0 Å². The predicted octanol–water partition coefficient (Wildman–Crippen LogP) is 0.367. The average Bonchev–Trinajstić information content (AvgIpc) is 2.98. The molecule has 0 amide bonds. The van der Waals surface area contributed by atoms with E-state index < -0.39 is 129 Å². The summed E-state index contributed by atoms with van der Waals surface area (Å²) in [5.74, 6) is -12.0. The molecule has 1 aliphatic rings. The van der Waals surface area contributed by atoms with Crippen LogP contribution in [0.2, 0.25) is 0 Å². The highest BCUT2D eigenvalue weighted by atomic mass is 16.7. The molecule has 17 heteroatoms. The fourth-order valence-electron chi connectivity index (χ4n) is 4.29. The highest BCUT2D eigenvalue weighted by Crippen LogP contribution is 2.51. The number of rotatable bonds is 7. The number of benzene rings is 3. The molecule has 11 N–H and O–H groups in total. The van der Waals surface area contributed by atoms with Gasteiger partial charge in [-0.3, -0.25) is 4.79 Å². The number of aldehydes is 1. The molecule has 4 rings (SSSR count). The van der Waals surface area contributed by atoms with Crippen LogP contribution in [0.4, 0.5) is 0 Å². The topological polar surface area (TPSA) is 301 Å². The Hall–Kier alpha value is -5.65. The molecule has 4 atom stereocenters. The number of esters is 2. The molecule has 0 aliphatic carbocycles. The molecule has 44 heavy (non-hydrogen) atoms. The molecule has 0 bridgehead atoms. The summed E-state index contributed by atoms with van der Waals surface area (Å²) in [4.78, 5) is 36.9. The van der Waals surface area contributed by atoms with E-state index in [2.05, 4.69) is 0 Å². The second-order valence-corrected chi connectivity index (χ2v) is 9.47. The number of carbonyl (C=O) groups excluding carboxylic acids is 3. The van der Waals surface area contributed by atoms with Crippen LogP contribution in [0.1, 0.15) is 37.5 Å². The van der Waals surface area contributed by atoms with Crippen molar-refractivity contribution in [3.8, 4) is 62.9 Å². The standard InChI is InChI=1S/C27H24O17/c28-6-9-3-15(32)22(37)23(38)18(9)10-4-11(20(35)24(39)19(10)34)26(41)42-7-17-12(29)5-16(33)27(43-17)44-25(40)8-1-13(30)21(36)14(31)2-8/h1-4,6,12,16-17,27,29-39H,5,7H2/t12-,16+,17+,27+/m0/s1. The van der Waals surface area contributed by atoms with Crippen molar-refractivity contribution in [2.24, 2.45) is 0 Å². The van der Waals surface area contributed by atoms with Gasteiger partial charge in [-0.05, 0) is 24.3 Å². The third-order valence-corrected chi connectivity index (χ3v) is 6.59. The Bertz CT molecular complexity index is 1630. The number of phenolic OH excluding ortho intramolecular Hbond substituents is 9. The number of aromatic hydroxyl groups is 9. The minimum atomic E-state index is -1.77. The minimum absolute atomic E-state index is 0.113. The largest absolute Gasteiger partial charge is 0.504 e. The smallest absolute Gasteiger partial charge is 0.342 e. The molecule has 1 fully saturated rings. The summed E-state index contributed by atoms with van der Waals surface area (Å²) < 4.78 is 15.4. The number of hydrogen-bond acceptors (Lipinski definition) is 17. The van der Waals surface area contributed by atoms with E-state index in [9.17, 15) is 70.6 Å². The van der Waals surface area contributed by atoms with Gasteiger partial charge in [0.05, 0.1) is 11.7 Å². The number of aliphatic hydroxyl groups is 2. The Balaban J connectivity index is 1.55. The van der Waals surface area contributed by atoms with Crippen LogP contribution in [0.5, 0.6) is 51.7 Å². The summed E-state index contributed by atoms with van der Waals surface area (Å²) >= 11 is 0. The fraction of sp³-hybridized carbons (Fsp3) is 0.222. The Morgan fingerprint density at radius 1 is 0.750 bits per heavy atom. The summed E-state index contributed by atoms with van der Waals surface area (Å²) in [5.41, 5.74) is -3.10. The van der Waals surface area contributed by atoms with Gasteiger partial charge in [-0.15, -0.1) is 0 Å². The Morgan fingerprint density at radius 3 is 1.98 bits per heavy atom. The summed E-state index contributed by atoms with van der Waals surface area (Å²) in [7, 11) is 0. The van der Waals surface area contributed by atoms with Crippen molar-refractivity contribution < 1.29 is 84.8 Å². The van der Waals surface area contributed by atoms with Crippen LogP contribution >= 0.6 is 0 Å². The zero-order valence-corrected chi connectivity index (χ0v) is 22.0. The Labute approximate surface area is 244 Å². The highest BCUT2D eigenvalue weighted by Gasteiger charge is 2.40. The van der Waals surface area contributed by atoms with Crippen molar-refractivity contribution in [3.63, 3.8) is 0 Å². The predicted molar refractivity (Wildman–Crippen MR) is 140 cm³/mol. The lowest BCUT2D eigenvalue weighted by Crippen LogP contribution is -2.50. The van der Waals surface area contributed by atoms with Crippen LogP contribution in [0.25, 0.3) is 11.1 Å². The second-order valence-electron chi connectivity index (χ2n) is 9.47. The van der Waals surface area contributed by atoms with E-state index in [1.54, 1.807) is 0 Å². The Morgan fingerprint density at radius 2 is 1.36 bits per heavy atom. The number of carbonyl (C=O) groups is 3. The van der Waals surface area contributed by atoms with Crippen molar-refractivity contribution in [1.29, 1.82) is 0 Å². The van der Waals surface area contributed by atoms with Gasteiger partial charge in [0, 0.05) is 23.1 Å². The van der Waals surface area contributed by atoms with Gasteiger partial charge in [-0.2, -0.15) is 0 Å². The molecular formula is C27H24O17. The quantitative estimate of drug-likeness (QED) is 0.0965. The third kappa shape index (κ3) is 5.69. The van der Waals surface area contributed by atoms with E-state index in [0.29, 0.717) is 12.1 Å². The lowest BCUT2D eigenvalue weighted by Gasteiger charge is -2.36. The molecule has 1 aliphatic heterocycles. The van der Waals surface area contributed by atoms with E-state index in [1.165, 1.54) is 0 Å². The summed E-state index contributed by atoms with van der Waals surface area (Å²) in [6, 6.07) is 2.91. The van der Waals surface area contributed by atoms with Gasteiger partial charge in [0.1, 0.15) is 24.4 Å². The molecule has 3 aromatic carbocycles. The van der Waals surface area contributed by atoms with Gasteiger partial charge in [-0.1, -0.05) is 0 Å². The summed E-state index contributed by atoms with van der Waals surface area (Å²) in [6.45, 7) is -0.817. The number of ether oxygens (including phenoxy) is 3.